The second-order valence-corrected chi connectivity index (χ2v) is 5.87. The summed E-state index contributed by atoms with van der Waals surface area (Å²) in [6.45, 7) is 3.66. The van der Waals surface area contributed by atoms with Gasteiger partial charge in [0.05, 0.1) is 0 Å². The van der Waals surface area contributed by atoms with E-state index in [0.29, 0.717) is 18.4 Å². The first kappa shape index (κ1) is 16.2. The zero-order valence-corrected chi connectivity index (χ0v) is 12.2. The quantitative estimate of drug-likeness (QED) is 0.562. The van der Waals surface area contributed by atoms with E-state index in [2.05, 4.69) is 22.9 Å². The van der Waals surface area contributed by atoms with Crippen LogP contribution in [0.4, 0.5) is 13.2 Å². The second kappa shape index (κ2) is 5.54. The van der Waals surface area contributed by atoms with Crippen LogP contribution in [0, 0.1) is 0 Å². The first-order valence-electron chi connectivity index (χ1n) is 6.04. The third kappa shape index (κ3) is 3.52. The van der Waals surface area contributed by atoms with E-state index < -0.39 is 16.6 Å². The van der Waals surface area contributed by atoms with E-state index in [-0.39, 0.29) is 17.1 Å². The molecule has 0 amide bonds. The van der Waals surface area contributed by atoms with E-state index in [0.717, 1.165) is 0 Å². The molecule has 2 rings (SSSR count). The third-order valence-electron chi connectivity index (χ3n) is 3.08. The molecule has 0 radical (unpaired) electrons. The van der Waals surface area contributed by atoms with Gasteiger partial charge in [-0.05, 0) is 30.5 Å². The lowest BCUT2D eigenvalue weighted by Crippen LogP contribution is -2.32. The van der Waals surface area contributed by atoms with Crippen molar-refractivity contribution in [1.82, 2.24) is 0 Å². The van der Waals surface area contributed by atoms with Gasteiger partial charge in [0.1, 0.15) is 10.6 Å². The number of Topliss-reactive ketones (excluding diaryl/α,β-unsaturated/α-hetero) is 1. The molecule has 1 atom stereocenters. The Morgan fingerprint density at radius 1 is 1.33 bits per heavy atom. The molecule has 0 spiro atoms. The highest BCUT2D eigenvalue weighted by molar-refractivity contribution is 6.45. The van der Waals surface area contributed by atoms with Crippen molar-refractivity contribution >= 4 is 34.6 Å². The van der Waals surface area contributed by atoms with Crippen molar-refractivity contribution in [3.63, 3.8) is 0 Å². The van der Waals surface area contributed by atoms with Crippen molar-refractivity contribution in [2.45, 2.75) is 29.5 Å². The van der Waals surface area contributed by atoms with Gasteiger partial charge in [0, 0.05) is 5.57 Å². The van der Waals surface area contributed by atoms with Gasteiger partial charge < -0.3 is 4.74 Å². The zero-order valence-electron chi connectivity index (χ0n) is 10.7. The standard InChI is InChI=1S/C14H11Cl2F3O2/c1-8(11(20)13(16)6-7-13)9-2-4-10(5-3-9)21-14(18,19)12(15)17/h2-5,12H,1,6-7H2. The molecule has 7 heteroatoms. The van der Waals surface area contributed by atoms with Crippen LogP contribution in [0.5, 0.6) is 5.75 Å². The Morgan fingerprint density at radius 3 is 2.29 bits per heavy atom. The van der Waals surface area contributed by atoms with Gasteiger partial charge in [0.25, 0.3) is 5.63 Å². The summed E-state index contributed by atoms with van der Waals surface area (Å²) in [5, 5.41) is 0. The van der Waals surface area contributed by atoms with Gasteiger partial charge >= 0.3 is 6.11 Å². The first-order valence-corrected chi connectivity index (χ1v) is 6.85. The van der Waals surface area contributed by atoms with E-state index >= 15 is 0 Å². The van der Waals surface area contributed by atoms with Crippen molar-refractivity contribution in [3.8, 4) is 5.75 Å². The minimum atomic E-state index is -4.13. The minimum absolute atomic E-state index is 0.196. The fraction of sp³-hybridized carbons (Fsp3) is 0.357. The molecule has 0 bridgehead atoms. The number of carbonyl (C=O) groups excluding carboxylic acids is 1. The molecule has 0 N–H and O–H groups in total. The van der Waals surface area contributed by atoms with Crippen LogP contribution in [0.3, 0.4) is 0 Å². The number of carbonyl (C=O) groups is 1. The fourth-order valence-electron chi connectivity index (χ4n) is 1.66. The maximum absolute atomic E-state index is 13.0. The molecule has 1 fully saturated rings. The van der Waals surface area contributed by atoms with Crippen LogP contribution in [0.1, 0.15) is 18.4 Å². The van der Waals surface area contributed by atoms with Gasteiger partial charge in [0.15, 0.2) is 5.78 Å². The van der Waals surface area contributed by atoms with E-state index in [1.807, 2.05) is 0 Å². The number of halogens is 5. The number of ether oxygens (including phenoxy) is 1. The van der Waals surface area contributed by atoms with Crippen molar-refractivity contribution in [3.05, 3.63) is 36.4 Å². The molecule has 0 aliphatic heterocycles. The summed E-state index contributed by atoms with van der Waals surface area (Å²) in [6.07, 6.45) is -2.95. The maximum Gasteiger partial charge on any atom is 0.444 e. The van der Waals surface area contributed by atoms with Crippen molar-refractivity contribution in [1.29, 1.82) is 0 Å². The zero-order chi connectivity index (χ0) is 15.8. The Balaban J connectivity index is 2.09. The Morgan fingerprint density at radius 2 is 1.86 bits per heavy atom. The largest absolute Gasteiger partial charge is 0.444 e. The molecule has 1 saturated carbocycles. The van der Waals surface area contributed by atoms with Gasteiger partial charge in [-0.15, -0.1) is 11.6 Å². The molecule has 1 aromatic carbocycles. The van der Waals surface area contributed by atoms with E-state index in [1.54, 1.807) is 0 Å². The lowest BCUT2D eigenvalue weighted by atomic mass is 10.0. The molecule has 0 heterocycles. The van der Waals surface area contributed by atoms with Crippen LogP contribution in [0.25, 0.3) is 5.57 Å². The van der Waals surface area contributed by atoms with E-state index in [1.165, 1.54) is 24.3 Å². The second-order valence-electron chi connectivity index (χ2n) is 4.76. The number of hydrogen-bond acceptors (Lipinski definition) is 2. The lowest BCUT2D eigenvalue weighted by molar-refractivity contribution is -0.199. The van der Waals surface area contributed by atoms with Crippen LogP contribution in [-0.2, 0) is 4.79 Å². The lowest BCUT2D eigenvalue weighted by Gasteiger charge is -2.18. The SMILES string of the molecule is C=C(C(=O)C1(Cl)CC1)c1ccc(OC(F)(F)C(F)Cl)cc1. The van der Waals surface area contributed by atoms with Gasteiger partial charge in [0.2, 0.25) is 0 Å². The Labute approximate surface area is 129 Å². The van der Waals surface area contributed by atoms with E-state index in [4.69, 9.17) is 11.6 Å². The number of hydrogen-bond donors (Lipinski definition) is 0. The molecular weight excluding hydrogens is 328 g/mol. The molecule has 0 saturated heterocycles. The smallest absolute Gasteiger partial charge is 0.429 e. The molecule has 1 unspecified atom stereocenters. The predicted molar refractivity (Wildman–Crippen MR) is 74.6 cm³/mol. The molecular formula is C14H11Cl2F3O2. The summed E-state index contributed by atoms with van der Waals surface area (Å²) in [4.78, 5) is 11.1. The van der Waals surface area contributed by atoms with Crippen LogP contribution >= 0.6 is 23.2 Å². The number of rotatable bonds is 6. The molecule has 0 aromatic heterocycles. The molecule has 2 nitrogen and oxygen atoms in total. The number of allylic oxidation sites excluding steroid dienone is 1. The third-order valence-corrected chi connectivity index (χ3v) is 3.88. The number of ketones is 1. The summed E-state index contributed by atoms with van der Waals surface area (Å²) in [7, 11) is 0. The number of benzene rings is 1. The molecule has 114 valence electrons. The highest BCUT2D eigenvalue weighted by atomic mass is 35.5. The van der Waals surface area contributed by atoms with Gasteiger partial charge in [-0.3, -0.25) is 4.79 Å². The van der Waals surface area contributed by atoms with Crippen LogP contribution in [0.15, 0.2) is 30.8 Å². The normalized spacial score (nSPS) is 18.0. The van der Waals surface area contributed by atoms with Crippen LogP contribution < -0.4 is 4.74 Å². The monoisotopic (exact) mass is 338 g/mol. The van der Waals surface area contributed by atoms with Crippen molar-refractivity contribution < 1.29 is 22.7 Å². The van der Waals surface area contributed by atoms with Crippen molar-refractivity contribution in [2.75, 3.05) is 0 Å². The Bertz CT molecular complexity index is 566. The Kier molecular flexibility index (Phi) is 4.26. The molecule has 21 heavy (non-hydrogen) atoms. The van der Waals surface area contributed by atoms with Crippen molar-refractivity contribution in [2.24, 2.45) is 0 Å². The average molecular weight is 339 g/mol. The highest BCUT2D eigenvalue weighted by Gasteiger charge is 2.48. The average Bonchev–Trinajstić information content (AvgIpc) is 3.16. The predicted octanol–water partition coefficient (Wildman–Crippen LogP) is 4.55. The summed E-state index contributed by atoms with van der Waals surface area (Å²) >= 11 is 10.7. The fourth-order valence-corrected chi connectivity index (χ4v) is 1.92. The highest BCUT2D eigenvalue weighted by Crippen LogP contribution is 2.46. The summed E-state index contributed by atoms with van der Waals surface area (Å²) < 4.78 is 42.5. The maximum atomic E-state index is 13.0. The van der Waals surface area contributed by atoms with Crippen LogP contribution in [-0.4, -0.2) is 22.4 Å². The van der Waals surface area contributed by atoms with E-state index in [9.17, 15) is 18.0 Å². The first-order chi connectivity index (χ1) is 9.66. The summed E-state index contributed by atoms with van der Waals surface area (Å²) in [5.74, 6) is -0.563. The summed E-state index contributed by atoms with van der Waals surface area (Å²) in [6, 6.07) is 5.09. The minimum Gasteiger partial charge on any atom is -0.429 e. The molecule has 1 aliphatic carbocycles. The topological polar surface area (TPSA) is 26.3 Å². The van der Waals surface area contributed by atoms with Gasteiger partial charge in [-0.2, -0.15) is 8.78 Å². The Hall–Kier alpha value is -1.20. The number of alkyl halides is 5. The van der Waals surface area contributed by atoms with Crippen LogP contribution in [0.2, 0.25) is 0 Å². The van der Waals surface area contributed by atoms with Gasteiger partial charge in [-0.25, -0.2) is 4.39 Å². The van der Waals surface area contributed by atoms with Gasteiger partial charge in [-0.1, -0.05) is 30.3 Å². The molecule has 1 aromatic rings. The molecule has 1 aliphatic rings. The summed E-state index contributed by atoms with van der Waals surface area (Å²) in [5.41, 5.74) is -2.33.